The molecule has 0 aliphatic heterocycles. The Bertz CT molecular complexity index is 101. The zero-order valence-electron chi connectivity index (χ0n) is 5.63. The van der Waals surface area contributed by atoms with Gasteiger partial charge in [-0.05, 0) is 5.92 Å². The molecule has 1 amide bonds. The highest BCUT2D eigenvalue weighted by molar-refractivity contribution is 5.63. The topological polar surface area (TPSA) is 46.2 Å². The average molecular weight is 129 g/mol. The van der Waals surface area contributed by atoms with E-state index in [2.05, 4.69) is 5.32 Å². The fraction of sp³-hybridized carbons (Fsp3) is 0.667. The van der Waals surface area contributed by atoms with Crippen LogP contribution in [0, 0.1) is 5.92 Å². The maximum atomic E-state index is 10.1. The van der Waals surface area contributed by atoms with Gasteiger partial charge in [-0.1, -0.05) is 13.8 Å². The van der Waals surface area contributed by atoms with Crippen molar-refractivity contribution in [3.05, 3.63) is 0 Å². The summed E-state index contributed by atoms with van der Waals surface area (Å²) >= 11 is 0. The van der Waals surface area contributed by atoms with Crippen molar-refractivity contribution in [1.29, 1.82) is 0 Å². The summed E-state index contributed by atoms with van der Waals surface area (Å²) in [7, 11) is 0. The summed E-state index contributed by atoms with van der Waals surface area (Å²) in [4.78, 5) is 19.9. The van der Waals surface area contributed by atoms with E-state index in [1.165, 1.54) is 0 Å². The Balaban J connectivity index is 3.66. The van der Waals surface area contributed by atoms with Gasteiger partial charge in [0.2, 0.25) is 6.41 Å². The summed E-state index contributed by atoms with van der Waals surface area (Å²) in [5, 5.41) is 2.38. The van der Waals surface area contributed by atoms with Gasteiger partial charge >= 0.3 is 0 Å². The minimum atomic E-state index is -0.331. The van der Waals surface area contributed by atoms with E-state index < -0.39 is 0 Å². The van der Waals surface area contributed by atoms with Crippen molar-refractivity contribution in [2.75, 3.05) is 0 Å². The number of nitrogens with one attached hydrogen (secondary N) is 1. The van der Waals surface area contributed by atoms with Crippen molar-refractivity contribution >= 4 is 12.7 Å². The normalized spacial score (nSPS) is 12.8. The standard InChI is InChI=1S/C6H11NO2/c1-5(2)6(3-8)7-4-9/h3-6H,1-2H3,(H,7,9)/t6-/m1/s1. The molecule has 0 bridgehead atoms. The molecule has 0 aromatic rings. The van der Waals surface area contributed by atoms with Crippen molar-refractivity contribution in [2.24, 2.45) is 5.92 Å². The molecule has 9 heavy (non-hydrogen) atoms. The van der Waals surface area contributed by atoms with Crippen LogP contribution in [0.2, 0.25) is 0 Å². The summed E-state index contributed by atoms with van der Waals surface area (Å²) in [6, 6.07) is -0.331. The van der Waals surface area contributed by atoms with E-state index in [1.807, 2.05) is 13.8 Å². The molecule has 3 nitrogen and oxygen atoms in total. The molecule has 0 spiro atoms. The fourth-order valence-electron chi connectivity index (χ4n) is 0.467. The van der Waals surface area contributed by atoms with E-state index >= 15 is 0 Å². The lowest BCUT2D eigenvalue weighted by atomic mass is 10.1. The molecular formula is C6H11NO2. The third-order valence-electron chi connectivity index (χ3n) is 1.13. The van der Waals surface area contributed by atoms with E-state index in [-0.39, 0.29) is 12.0 Å². The van der Waals surface area contributed by atoms with E-state index in [9.17, 15) is 9.59 Å². The molecule has 3 heteroatoms. The van der Waals surface area contributed by atoms with E-state index in [4.69, 9.17) is 0 Å². The van der Waals surface area contributed by atoms with Gasteiger partial charge in [-0.25, -0.2) is 0 Å². The highest BCUT2D eigenvalue weighted by Crippen LogP contribution is 1.95. The Hall–Kier alpha value is -0.860. The van der Waals surface area contributed by atoms with Crippen LogP contribution in [0.5, 0.6) is 0 Å². The molecule has 52 valence electrons. The Kier molecular flexibility index (Phi) is 3.67. The fourth-order valence-corrected chi connectivity index (χ4v) is 0.467. The van der Waals surface area contributed by atoms with Gasteiger partial charge in [0.25, 0.3) is 0 Å². The van der Waals surface area contributed by atoms with Crippen molar-refractivity contribution < 1.29 is 9.59 Å². The molecule has 0 radical (unpaired) electrons. The molecule has 0 aliphatic rings. The van der Waals surface area contributed by atoms with Gasteiger partial charge in [-0.2, -0.15) is 0 Å². The molecule has 0 aliphatic carbocycles. The third kappa shape index (κ3) is 2.85. The Morgan fingerprint density at radius 2 is 1.89 bits per heavy atom. The molecule has 0 heterocycles. The minimum absolute atomic E-state index is 0.174. The lowest BCUT2D eigenvalue weighted by Gasteiger charge is -2.11. The van der Waals surface area contributed by atoms with Gasteiger partial charge in [0, 0.05) is 0 Å². The maximum Gasteiger partial charge on any atom is 0.207 e. The number of amides is 1. The average Bonchev–Trinajstić information content (AvgIpc) is 1.82. The number of rotatable bonds is 4. The number of hydrogen-bond donors (Lipinski definition) is 1. The van der Waals surface area contributed by atoms with Gasteiger partial charge in [0.15, 0.2) is 0 Å². The van der Waals surface area contributed by atoms with Crippen molar-refractivity contribution in [3.8, 4) is 0 Å². The highest BCUT2D eigenvalue weighted by Gasteiger charge is 2.08. The first-order valence-corrected chi connectivity index (χ1v) is 2.87. The molecule has 1 N–H and O–H groups in total. The van der Waals surface area contributed by atoms with Crippen LogP contribution < -0.4 is 5.32 Å². The van der Waals surface area contributed by atoms with Gasteiger partial charge in [0.05, 0.1) is 6.04 Å². The van der Waals surface area contributed by atoms with Crippen LogP contribution in [0.3, 0.4) is 0 Å². The van der Waals surface area contributed by atoms with Crippen molar-refractivity contribution in [1.82, 2.24) is 5.32 Å². The second-order valence-corrected chi connectivity index (χ2v) is 2.19. The first-order chi connectivity index (χ1) is 4.22. The first-order valence-electron chi connectivity index (χ1n) is 2.87. The summed E-state index contributed by atoms with van der Waals surface area (Å²) in [6.07, 6.45) is 1.28. The molecule has 0 saturated heterocycles. The van der Waals surface area contributed by atoms with Crippen molar-refractivity contribution in [3.63, 3.8) is 0 Å². The number of aldehydes is 1. The van der Waals surface area contributed by atoms with Gasteiger partial charge < -0.3 is 10.1 Å². The van der Waals surface area contributed by atoms with Crippen LogP contribution >= 0.6 is 0 Å². The molecule has 0 saturated carbocycles. The van der Waals surface area contributed by atoms with Gasteiger partial charge in [-0.3, -0.25) is 4.79 Å². The second kappa shape index (κ2) is 4.06. The Morgan fingerprint density at radius 3 is 2.00 bits per heavy atom. The Morgan fingerprint density at radius 1 is 1.33 bits per heavy atom. The van der Waals surface area contributed by atoms with Crippen LogP contribution in [0.25, 0.3) is 0 Å². The zero-order valence-corrected chi connectivity index (χ0v) is 5.63. The monoisotopic (exact) mass is 129 g/mol. The second-order valence-electron chi connectivity index (χ2n) is 2.19. The predicted molar refractivity (Wildman–Crippen MR) is 33.9 cm³/mol. The zero-order chi connectivity index (χ0) is 7.28. The molecule has 0 fully saturated rings. The van der Waals surface area contributed by atoms with Crippen LogP contribution in [-0.4, -0.2) is 18.7 Å². The van der Waals surface area contributed by atoms with E-state index in [0.29, 0.717) is 6.41 Å². The minimum Gasteiger partial charge on any atom is -0.349 e. The number of carbonyl (C=O) groups excluding carboxylic acids is 2. The van der Waals surface area contributed by atoms with E-state index in [0.717, 1.165) is 6.29 Å². The van der Waals surface area contributed by atoms with Gasteiger partial charge in [-0.15, -0.1) is 0 Å². The third-order valence-corrected chi connectivity index (χ3v) is 1.13. The SMILES string of the molecule is CC(C)[C@@H](C=O)NC=O. The van der Waals surface area contributed by atoms with Crippen LogP contribution in [0.1, 0.15) is 13.8 Å². The summed E-state index contributed by atoms with van der Waals surface area (Å²) in [5.74, 6) is 0.174. The molecule has 0 aromatic carbocycles. The van der Waals surface area contributed by atoms with Crippen LogP contribution in [0.4, 0.5) is 0 Å². The van der Waals surface area contributed by atoms with Crippen LogP contribution in [-0.2, 0) is 9.59 Å². The maximum absolute atomic E-state index is 10.1. The quantitative estimate of drug-likeness (QED) is 0.541. The van der Waals surface area contributed by atoms with Gasteiger partial charge in [0.1, 0.15) is 6.29 Å². The Labute approximate surface area is 54.4 Å². The lowest BCUT2D eigenvalue weighted by Crippen LogP contribution is -2.33. The largest absolute Gasteiger partial charge is 0.349 e. The lowest BCUT2D eigenvalue weighted by molar-refractivity contribution is -0.116. The molecule has 0 aromatic heterocycles. The summed E-state index contributed by atoms with van der Waals surface area (Å²) in [6.45, 7) is 3.74. The molecule has 0 unspecified atom stereocenters. The number of hydrogen-bond acceptors (Lipinski definition) is 2. The molecule has 0 rings (SSSR count). The molecule has 1 atom stereocenters. The smallest absolute Gasteiger partial charge is 0.207 e. The number of carbonyl (C=O) groups is 2. The summed E-state index contributed by atoms with van der Waals surface area (Å²) < 4.78 is 0. The summed E-state index contributed by atoms with van der Waals surface area (Å²) in [5.41, 5.74) is 0. The predicted octanol–water partition coefficient (Wildman–Crippen LogP) is -0.0441. The van der Waals surface area contributed by atoms with Crippen LogP contribution in [0.15, 0.2) is 0 Å². The first kappa shape index (κ1) is 8.14. The van der Waals surface area contributed by atoms with Crippen molar-refractivity contribution in [2.45, 2.75) is 19.9 Å². The highest BCUT2D eigenvalue weighted by atomic mass is 16.1. The molecular weight excluding hydrogens is 118 g/mol. The van der Waals surface area contributed by atoms with E-state index in [1.54, 1.807) is 0 Å².